The summed E-state index contributed by atoms with van der Waals surface area (Å²) in [5.41, 5.74) is 0.412. The van der Waals surface area contributed by atoms with Crippen molar-refractivity contribution in [3.05, 3.63) is 37.4 Å². The van der Waals surface area contributed by atoms with E-state index in [0.717, 1.165) is 35.9 Å². The second kappa shape index (κ2) is 6.51. The average molecular weight is 388 g/mol. The molecule has 1 amide bonds. The number of nitro groups is 1. The number of carbonyl (C=O) groups is 1. The molecule has 1 saturated heterocycles. The number of amides is 1. The van der Waals surface area contributed by atoms with Gasteiger partial charge in [0.15, 0.2) is 0 Å². The minimum Gasteiger partial charge on any atom is -0.338 e. The van der Waals surface area contributed by atoms with Gasteiger partial charge in [-0.1, -0.05) is 13.3 Å². The summed E-state index contributed by atoms with van der Waals surface area (Å²) >= 11 is 2.05. The van der Waals surface area contributed by atoms with E-state index < -0.39 is 4.92 Å². The molecule has 1 unspecified atom stereocenters. The van der Waals surface area contributed by atoms with E-state index in [9.17, 15) is 14.9 Å². The van der Waals surface area contributed by atoms with Crippen LogP contribution in [-0.4, -0.2) is 28.8 Å². The molecule has 1 atom stereocenters. The maximum Gasteiger partial charge on any atom is 0.270 e. The fraction of sp³-hybridized carbons (Fsp3) is 0.500. The third kappa shape index (κ3) is 3.28. The van der Waals surface area contributed by atoms with Crippen molar-refractivity contribution in [2.75, 3.05) is 13.1 Å². The number of halogens is 1. The quantitative estimate of drug-likeness (QED) is 0.451. The first-order valence-corrected chi connectivity index (χ1v) is 7.84. The highest BCUT2D eigenvalue weighted by molar-refractivity contribution is 14.1. The molecule has 0 N–H and O–H groups in total. The Labute approximate surface area is 131 Å². The van der Waals surface area contributed by atoms with Crippen molar-refractivity contribution in [2.45, 2.75) is 26.2 Å². The number of nitro benzene ring substituents is 1. The Bertz CT molecular complexity index is 533. The highest BCUT2D eigenvalue weighted by Crippen LogP contribution is 2.26. The third-order valence-electron chi connectivity index (χ3n) is 3.66. The van der Waals surface area contributed by atoms with Crippen LogP contribution in [0.15, 0.2) is 18.2 Å². The molecule has 1 aliphatic rings. The van der Waals surface area contributed by atoms with Gasteiger partial charge in [0.25, 0.3) is 11.6 Å². The van der Waals surface area contributed by atoms with Crippen LogP contribution in [0.1, 0.15) is 36.5 Å². The van der Waals surface area contributed by atoms with Crippen LogP contribution in [0.2, 0.25) is 0 Å². The van der Waals surface area contributed by atoms with Crippen LogP contribution in [-0.2, 0) is 0 Å². The smallest absolute Gasteiger partial charge is 0.270 e. The predicted octanol–water partition coefficient (Wildman–Crippen LogP) is 3.46. The van der Waals surface area contributed by atoms with Gasteiger partial charge in [0.1, 0.15) is 0 Å². The first-order chi connectivity index (χ1) is 9.52. The molecular weight excluding hydrogens is 371 g/mol. The van der Waals surface area contributed by atoms with Gasteiger partial charge in [0, 0.05) is 28.8 Å². The first-order valence-electron chi connectivity index (χ1n) is 6.76. The lowest BCUT2D eigenvalue weighted by Crippen LogP contribution is -2.29. The molecule has 0 aliphatic carbocycles. The van der Waals surface area contributed by atoms with Crippen LogP contribution < -0.4 is 0 Å². The molecule has 20 heavy (non-hydrogen) atoms. The zero-order valence-corrected chi connectivity index (χ0v) is 13.5. The molecule has 0 aromatic heterocycles. The zero-order valence-electron chi connectivity index (χ0n) is 11.3. The Morgan fingerprint density at radius 1 is 1.55 bits per heavy atom. The van der Waals surface area contributed by atoms with Crippen LogP contribution >= 0.6 is 22.6 Å². The molecule has 0 saturated carbocycles. The molecule has 1 aliphatic heterocycles. The molecule has 0 radical (unpaired) electrons. The second-order valence-corrected chi connectivity index (χ2v) is 6.28. The van der Waals surface area contributed by atoms with Gasteiger partial charge in [-0.2, -0.15) is 0 Å². The largest absolute Gasteiger partial charge is 0.338 e. The zero-order chi connectivity index (χ0) is 14.7. The summed E-state index contributed by atoms with van der Waals surface area (Å²) in [6, 6.07) is 4.45. The first kappa shape index (κ1) is 15.2. The van der Waals surface area contributed by atoms with Crippen LogP contribution in [0, 0.1) is 19.6 Å². The van der Waals surface area contributed by atoms with Crippen LogP contribution in [0.4, 0.5) is 5.69 Å². The Morgan fingerprint density at radius 2 is 2.30 bits per heavy atom. The molecule has 1 aromatic carbocycles. The van der Waals surface area contributed by atoms with E-state index in [-0.39, 0.29) is 11.6 Å². The Kier molecular flexibility index (Phi) is 4.95. The standard InChI is InChI=1S/C14H17IN2O3/c1-2-3-10-6-7-16(9-10)14(18)12-8-11(17(19)20)4-5-13(12)15/h4-5,8,10H,2-3,6-7,9H2,1H3. The summed E-state index contributed by atoms with van der Waals surface area (Å²) in [5.74, 6) is 0.483. The highest BCUT2D eigenvalue weighted by Gasteiger charge is 2.28. The van der Waals surface area contributed by atoms with Crippen molar-refractivity contribution >= 4 is 34.2 Å². The fourth-order valence-corrected chi connectivity index (χ4v) is 3.19. The number of hydrogen-bond donors (Lipinski definition) is 0. The summed E-state index contributed by atoms with van der Waals surface area (Å²) in [5, 5.41) is 10.8. The van der Waals surface area contributed by atoms with Gasteiger partial charge >= 0.3 is 0 Å². The molecule has 1 aromatic rings. The Balaban J connectivity index is 2.17. The van der Waals surface area contributed by atoms with E-state index >= 15 is 0 Å². The fourth-order valence-electron chi connectivity index (χ4n) is 2.62. The van der Waals surface area contributed by atoms with Gasteiger partial charge in [0.2, 0.25) is 0 Å². The monoisotopic (exact) mass is 388 g/mol. The molecule has 0 spiro atoms. The maximum atomic E-state index is 12.5. The average Bonchev–Trinajstić information content (AvgIpc) is 2.87. The molecule has 1 heterocycles. The maximum absolute atomic E-state index is 12.5. The van der Waals surface area contributed by atoms with E-state index in [1.54, 1.807) is 6.07 Å². The lowest BCUT2D eigenvalue weighted by atomic mass is 10.0. The summed E-state index contributed by atoms with van der Waals surface area (Å²) in [7, 11) is 0. The number of benzene rings is 1. The van der Waals surface area contributed by atoms with Crippen molar-refractivity contribution in [3.63, 3.8) is 0 Å². The number of non-ortho nitro benzene ring substituents is 1. The van der Waals surface area contributed by atoms with E-state index in [1.165, 1.54) is 12.1 Å². The van der Waals surface area contributed by atoms with Gasteiger partial charge in [0.05, 0.1) is 10.5 Å². The predicted molar refractivity (Wildman–Crippen MR) is 84.7 cm³/mol. The van der Waals surface area contributed by atoms with Gasteiger partial charge in [-0.15, -0.1) is 0 Å². The minimum atomic E-state index is -0.462. The van der Waals surface area contributed by atoms with E-state index in [0.29, 0.717) is 11.5 Å². The SMILES string of the molecule is CCCC1CCN(C(=O)c2cc([N+](=O)[O-])ccc2I)C1. The third-order valence-corrected chi connectivity index (χ3v) is 4.60. The Hall–Kier alpha value is -1.18. The highest BCUT2D eigenvalue weighted by atomic mass is 127. The topological polar surface area (TPSA) is 63.5 Å². The number of likely N-dealkylation sites (tertiary alicyclic amines) is 1. The number of nitrogens with zero attached hydrogens (tertiary/aromatic N) is 2. The number of carbonyl (C=O) groups excluding carboxylic acids is 1. The normalized spacial score (nSPS) is 18.3. The lowest BCUT2D eigenvalue weighted by molar-refractivity contribution is -0.384. The molecule has 2 rings (SSSR count). The molecule has 108 valence electrons. The summed E-state index contributed by atoms with van der Waals surface area (Å²) in [6.07, 6.45) is 3.29. The Morgan fingerprint density at radius 3 is 2.95 bits per heavy atom. The van der Waals surface area contributed by atoms with Gasteiger partial charge < -0.3 is 4.90 Å². The second-order valence-electron chi connectivity index (χ2n) is 5.12. The molecule has 0 bridgehead atoms. The van der Waals surface area contributed by atoms with Crippen molar-refractivity contribution in [2.24, 2.45) is 5.92 Å². The van der Waals surface area contributed by atoms with Crippen molar-refractivity contribution in [1.82, 2.24) is 4.90 Å². The van der Waals surface area contributed by atoms with Crippen LogP contribution in [0.5, 0.6) is 0 Å². The van der Waals surface area contributed by atoms with E-state index in [1.807, 2.05) is 4.90 Å². The van der Waals surface area contributed by atoms with Crippen molar-refractivity contribution < 1.29 is 9.72 Å². The van der Waals surface area contributed by atoms with E-state index in [2.05, 4.69) is 29.5 Å². The van der Waals surface area contributed by atoms with Gasteiger partial charge in [-0.3, -0.25) is 14.9 Å². The molecule has 6 heteroatoms. The van der Waals surface area contributed by atoms with Crippen molar-refractivity contribution in [3.8, 4) is 0 Å². The molecule has 1 fully saturated rings. The summed E-state index contributed by atoms with van der Waals surface area (Å²) in [4.78, 5) is 24.7. The number of rotatable bonds is 4. The van der Waals surface area contributed by atoms with Crippen LogP contribution in [0.25, 0.3) is 0 Å². The number of hydrogen-bond acceptors (Lipinski definition) is 3. The summed E-state index contributed by atoms with van der Waals surface area (Å²) < 4.78 is 0.761. The van der Waals surface area contributed by atoms with E-state index in [4.69, 9.17) is 0 Å². The summed E-state index contributed by atoms with van der Waals surface area (Å²) in [6.45, 7) is 3.67. The van der Waals surface area contributed by atoms with Crippen molar-refractivity contribution in [1.29, 1.82) is 0 Å². The molecular formula is C14H17IN2O3. The minimum absolute atomic E-state index is 0.0296. The van der Waals surface area contributed by atoms with Crippen LogP contribution in [0.3, 0.4) is 0 Å². The van der Waals surface area contributed by atoms with Gasteiger partial charge in [-0.25, -0.2) is 0 Å². The lowest BCUT2D eigenvalue weighted by Gasteiger charge is -2.17. The molecule has 5 nitrogen and oxygen atoms in total. The van der Waals surface area contributed by atoms with Gasteiger partial charge in [-0.05, 0) is 47.4 Å².